The third-order valence-electron chi connectivity index (χ3n) is 6.76. The molecule has 1 unspecified atom stereocenters. The van der Waals surface area contributed by atoms with Crippen LogP contribution in [0, 0.1) is 5.41 Å². The van der Waals surface area contributed by atoms with Gasteiger partial charge in [0.1, 0.15) is 6.61 Å². The van der Waals surface area contributed by atoms with E-state index in [1.807, 2.05) is 36.4 Å². The Morgan fingerprint density at radius 1 is 1.03 bits per heavy atom. The number of hydrogen-bond donors (Lipinski definition) is 4. The first-order valence-electron chi connectivity index (χ1n) is 11.1. The Morgan fingerprint density at radius 3 is 2.12 bits per heavy atom. The highest BCUT2D eigenvalue weighted by Crippen LogP contribution is 2.44. The maximum atomic E-state index is 12.7. The van der Waals surface area contributed by atoms with E-state index in [1.54, 1.807) is 0 Å². The summed E-state index contributed by atoms with van der Waals surface area (Å²) in [6, 6.07) is 16.1. The summed E-state index contributed by atoms with van der Waals surface area (Å²) in [5.41, 5.74) is 1.65. The smallest absolute Gasteiger partial charge is 0.407 e. The summed E-state index contributed by atoms with van der Waals surface area (Å²) in [4.78, 5) is 36.2. The molecule has 0 spiro atoms. The molecule has 1 atom stereocenters. The Morgan fingerprint density at radius 2 is 1.61 bits per heavy atom. The second-order valence-corrected chi connectivity index (χ2v) is 9.07. The van der Waals surface area contributed by atoms with Crippen LogP contribution in [0.3, 0.4) is 0 Å². The summed E-state index contributed by atoms with van der Waals surface area (Å²) in [5, 5.41) is 24.0. The van der Waals surface area contributed by atoms with E-state index in [2.05, 4.69) is 22.8 Å². The number of rotatable bonds is 8. The number of nitrogens with one attached hydrogen (secondary N) is 2. The van der Waals surface area contributed by atoms with E-state index >= 15 is 0 Å². The van der Waals surface area contributed by atoms with Crippen molar-refractivity contribution in [1.29, 1.82) is 0 Å². The highest BCUT2D eigenvalue weighted by molar-refractivity contribution is 5.86. The lowest BCUT2D eigenvalue weighted by Gasteiger charge is -2.40. The monoisotopic (exact) mass is 452 g/mol. The summed E-state index contributed by atoms with van der Waals surface area (Å²) in [6.45, 7) is 0.983. The number of hydrogen-bond acceptors (Lipinski definition) is 5. The number of carbonyl (C=O) groups is 3. The van der Waals surface area contributed by atoms with Gasteiger partial charge >= 0.3 is 12.1 Å². The van der Waals surface area contributed by atoms with Crippen molar-refractivity contribution in [3.63, 3.8) is 0 Å². The van der Waals surface area contributed by atoms with Gasteiger partial charge in [-0.2, -0.15) is 0 Å². The number of aliphatic hydroxyl groups is 1. The molecule has 0 saturated heterocycles. The van der Waals surface area contributed by atoms with Crippen LogP contribution in [0.25, 0.3) is 11.1 Å². The molecule has 0 bridgehead atoms. The third-order valence-corrected chi connectivity index (χ3v) is 6.76. The Labute approximate surface area is 192 Å². The quantitative estimate of drug-likeness (QED) is 0.488. The lowest BCUT2D eigenvalue weighted by atomic mass is 9.68. The Kier molecular flexibility index (Phi) is 6.12. The molecule has 4 N–H and O–H groups in total. The van der Waals surface area contributed by atoms with Gasteiger partial charge < -0.3 is 25.6 Å². The minimum Gasteiger partial charge on any atom is -0.479 e. The maximum absolute atomic E-state index is 12.7. The predicted octanol–water partition coefficient (Wildman–Crippen LogP) is 2.65. The molecular formula is C25H28N2O6. The molecule has 0 aromatic heterocycles. The molecule has 4 rings (SSSR count). The number of benzene rings is 2. The second-order valence-electron chi connectivity index (χ2n) is 9.07. The summed E-state index contributed by atoms with van der Waals surface area (Å²) in [5.74, 6) is -1.85. The standard InChI is InChI=1S/C25H28N2O6/c1-24(32,22(29)30)14-26-21(28)25(11-6-12-25)15-27-23(31)33-13-20-18-9-4-2-7-16(18)17-8-3-5-10-19(17)20/h2-5,7-10,20,32H,6,11-15H2,1H3,(H,26,28)(H,27,31)(H,29,30). The largest absolute Gasteiger partial charge is 0.479 e. The third kappa shape index (κ3) is 4.43. The molecule has 33 heavy (non-hydrogen) atoms. The number of aliphatic carboxylic acids is 1. The van der Waals surface area contributed by atoms with Crippen LogP contribution in [0.5, 0.6) is 0 Å². The van der Waals surface area contributed by atoms with E-state index in [1.165, 1.54) is 0 Å². The van der Waals surface area contributed by atoms with Gasteiger partial charge in [-0.3, -0.25) is 4.79 Å². The Bertz CT molecular complexity index is 1030. The fourth-order valence-corrected chi connectivity index (χ4v) is 4.49. The van der Waals surface area contributed by atoms with Crippen molar-refractivity contribution < 1.29 is 29.3 Å². The van der Waals surface area contributed by atoms with Crippen molar-refractivity contribution in [3.05, 3.63) is 59.7 Å². The Balaban J connectivity index is 1.33. The average molecular weight is 453 g/mol. The van der Waals surface area contributed by atoms with Gasteiger partial charge in [0.25, 0.3) is 0 Å². The molecule has 2 aliphatic rings. The summed E-state index contributed by atoms with van der Waals surface area (Å²) in [7, 11) is 0. The lowest BCUT2D eigenvalue weighted by Crippen LogP contribution is -2.56. The van der Waals surface area contributed by atoms with Crippen LogP contribution < -0.4 is 10.6 Å². The van der Waals surface area contributed by atoms with Crippen LogP contribution in [0.15, 0.2) is 48.5 Å². The van der Waals surface area contributed by atoms with E-state index in [-0.39, 0.29) is 25.0 Å². The van der Waals surface area contributed by atoms with E-state index in [4.69, 9.17) is 9.84 Å². The van der Waals surface area contributed by atoms with Gasteiger partial charge in [-0.1, -0.05) is 55.0 Å². The van der Waals surface area contributed by atoms with Gasteiger partial charge in [0.05, 0.1) is 12.0 Å². The van der Waals surface area contributed by atoms with E-state index in [0.29, 0.717) is 12.8 Å². The van der Waals surface area contributed by atoms with Gasteiger partial charge in [0.2, 0.25) is 5.91 Å². The molecule has 2 aromatic rings. The minimum absolute atomic E-state index is 0.0534. The van der Waals surface area contributed by atoms with Crippen LogP contribution >= 0.6 is 0 Å². The predicted molar refractivity (Wildman–Crippen MR) is 121 cm³/mol. The molecule has 2 amide bonds. The summed E-state index contributed by atoms with van der Waals surface area (Å²) >= 11 is 0. The molecule has 1 fully saturated rings. The molecule has 0 aliphatic heterocycles. The number of amides is 2. The van der Waals surface area contributed by atoms with Crippen molar-refractivity contribution in [2.45, 2.75) is 37.7 Å². The molecule has 8 heteroatoms. The van der Waals surface area contributed by atoms with Crippen LogP contribution in [0.1, 0.15) is 43.2 Å². The number of ether oxygens (including phenoxy) is 1. The molecule has 1 saturated carbocycles. The van der Waals surface area contributed by atoms with Crippen molar-refractivity contribution in [2.75, 3.05) is 19.7 Å². The number of carboxylic acid groups (broad SMARTS) is 1. The second kappa shape index (κ2) is 8.86. The fourth-order valence-electron chi connectivity index (χ4n) is 4.49. The zero-order valence-corrected chi connectivity index (χ0v) is 18.5. The van der Waals surface area contributed by atoms with Crippen LogP contribution in [0.4, 0.5) is 4.79 Å². The van der Waals surface area contributed by atoms with Crippen LogP contribution in [-0.2, 0) is 14.3 Å². The molecule has 174 valence electrons. The normalized spacial score (nSPS) is 17.6. The molecular weight excluding hydrogens is 424 g/mol. The first kappa shape index (κ1) is 22.8. The molecule has 8 nitrogen and oxygen atoms in total. The number of carboxylic acids is 1. The molecule has 0 heterocycles. The lowest BCUT2D eigenvalue weighted by molar-refractivity contribution is -0.157. The van der Waals surface area contributed by atoms with Gasteiger partial charge in [0.15, 0.2) is 5.60 Å². The average Bonchev–Trinajstić information content (AvgIpc) is 3.09. The van der Waals surface area contributed by atoms with Gasteiger partial charge in [-0.25, -0.2) is 9.59 Å². The highest BCUT2D eigenvalue weighted by Gasteiger charge is 2.45. The molecule has 2 aromatic carbocycles. The van der Waals surface area contributed by atoms with Crippen LogP contribution in [-0.4, -0.2) is 53.5 Å². The van der Waals surface area contributed by atoms with Gasteiger partial charge in [-0.15, -0.1) is 0 Å². The van der Waals surface area contributed by atoms with E-state index in [9.17, 15) is 19.5 Å². The zero-order chi connectivity index (χ0) is 23.6. The van der Waals surface area contributed by atoms with Crippen molar-refractivity contribution >= 4 is 18.0 Å². The Hall–Kier alpha value is -3.39. The first-order valence-corrected chi connectivity index (χ1v) is 11.1. The number of alkyl carbamates (subject to hydrolysis) is 1. The highest BCUT2D eigenvalue weighted by atomic mass is 16.5. The molecule has 0 radical (unpaired) electrons. The van der Waals surface area contributed by atoms with Crippen molar-refractivity contribution in [3.8, 4) is 11.1 Å². The fraction of sp³-hybridized carbons (Fsp3) is 0.400. The topological polar surface area (TPSA) is 125 Å². The maximum Gasteiger partial charge on any atom is 0.407 e. The van der Waals surface area contributed by atoms with Crippen molar-refractivity contribution in [1.82, 2.24) is 10.6 Å². The first-order chi connectivity index (χ1) is 15.7. The number of carbonyl (C=O) groups excluding carboxylic acids is 2. The summed E-state index contributed by atoms with van der Waals surface area (Å²) in [6.07, 6.45) is 1.36. The van der Waals surface area contributed by atoms with Crippen LogP contribution in [0.2, 0.25) is 0 Å². The van der Waals surface area contributed by atoms with Crippen molar-refractivity contribution in [2.24, 2.45) is 5.41 Å². The van der Waals surface area contributed by atoms with Gasteiger partial charge in [0, 0.05) is 12.5 Å². The SMILES string of the molecule is CC(O)(CNC(=O)C1(CNC(=O)OCC2c3ccccc3-c3ccccc32)CCC1)C(=O)O. The van der Waals surface area contributed by atoms with E-state index in [0.717, 1.165) is 35.6 Å². The minimum atomic E-state index is -2.05. The van der Waals surface area contributed by atoms with Gasteiger partial charge in [-0.05, 0) is 42.0 Å². The molecule has 2 aliphatic carbocycles. The van der Waals surface area contributed by atoms with E-state index < -0.39 is 29.6 Å². The number of fused-ring (bicyclic) bond motifs is 3. The summed E-state index contributed by atoms with van der Waals surface area (Å²) < 4.78 is 5.53. The zero-order valence-electron chi connectivity index (χ0n) is 18.5.